The highest BCUT2D eigenvalue weighted by Crippen LogP contribution is 1.97. The van der Waals surface area contributed by atoms with Crippen molar-refractivity contribution in [2.45, 2.75) is 26.8 Å². The summed E-state index contributed by atoms with van der Waals surface area (Å²) in [6.45, 7) is 5.51. The minimum Gasteiger partial charge on any atom is -0.412 e. The van der Waals surface area contributed by atoms with Crippen LogP contribution in [-0.2, 0) is 6.54 Å². The maximum atomic E-state index is 4.91. The molecule has 1 aromatic heterocycles. The summed E-state index contributed by atoms with van der Waals surface area (Å²) in [5.74, 6) is 0.766. The zero-order chi connectivity index (χ0) is 7.40. The number of nitrogens with zero attached hydrogens (tertiary/aromatic N) is 1. The van der Waals surface area contributed by atoms with Gasteiger partial charge in [0, 0.05) is 6.42 Å². The lowest BCUT2D eigenvalue weighted by Crippen LogP contribution is -2.30. The molecule has 2 nitrogen and oxygen atoms in total. The van der Waals surface area contributed by atoms with Crippen LogP contribution in [0.4, 0.5) is 0 Å². The Kier molecular flexibility index (Phi) is 2.49. The predicted octanol–water partition coefficient (Wildman–Crippen LogP) is 1.61. The Bertz CT molecular complexity index is 167. The fourth-order valence-corrected chi connectivity index (χ4v) is 0.796. The van der Waals surface area contributed by atoms with Gasteiger partial charge >= 0.3 is 6.39 Å². The minimum atomic E-state index is 0.766. The first-order valence-corrected chi connectivity index (χ1v) is 3.70. The summed E-state index contributed by atoms with van der Waals surface area (Å²) in [6, 6.07) is 0. The standard InChI is InChI=1S/C8H14NO/c1-8(2)3-4-9-5-6-10-7-9/h5-8H,3-4H2,1-2H3/q+1. The van der Waals surface area contributed by atoms with Crippen molar-refractivity contribution in [1.82, 2.24) is 0 Å². The van der Waals surface area contributed by atoms with E-state index < -0.39 is 0 Å². The van der Waals surface area contributed by atoms with Crippen molar-refractivity contribution in [2.75, 3.05) is 0 Å². The Morgan fingerprint density at radius 3 is 2.80 bits per heavy atom. The van der Waals surface area contributed by atoms with Crippen LogP contribution in [0.1, 0.15) is 20.3 Å². The zero-order valence-electron chi connectivity index (χ0n) is 6.58. The molecule has 10 heavy (non-hydrogen) atoms. The van der Waals surface area contributed by atoms with Crippen LogP contribution >= 0.6 is 0 Å². The zero-order valence-corrected chi connectivity index (χ0v) is 6.58. The molecule has 0 saturated carbocycles. The molecule has 56 valence electrons. The predicted molar refractivity (Wildman–Crippen MR) is 38.4 cm³/mol. The summed E-state index contributed by atoms with van der Waals surface area (Å²) in [5, 5.41) is 0. The monoisotopic (exact) mass is 140 g/mol. The number of rotatable bonds is 3. The van der Waals surface area contributed by atoms with Crippen LogP contribution in [0.5, 0.6) is 0 Å². The number of aromatic nitrogens is 1. The van der Waals surface area contributed by atoms with Crippen molar-refractivity contribution in [3.63, 3.8) is 0 Å². The highest BCUT2D eigenvalue weighted by atomic mass is 16.3. The normalized spacial score (nSPS) is 10.7. The van der Waals surface area contributed by atoms with E-state index in [2.05, 4.69) is 18.4 Å². The van der Waals surface area contributed by atoms with Crippen molar-refractivity contribution in [3.05, 3.63) is 18.9 Å². The third-order valence-electron chi connectivity index (χ3n) is 1.49. The third kappa shape index (κ3) is 2.21. The van der Waals surface area contributed by atoms with Gasteiger partial charge in [-0.3, -0.25) is 0 Å². The van der Waals surface area contributed by atoms with E-state index in [4.69, 9.17) is 4.42 Å². The molecule has 0 N–H and O–H groups in total. The second-order valence-corrected chi connectivity index (χ2v) is 2.95. The van der Waals surface area contributed by atoms with Gasteiger partial charge in [-0.2, -0.15) is 4.57 Å². The quantitative estimate of drug-likeness (QED) is 0.583. The maximum Gasteiger partial charge on any atom is 0.334 e. The van der Waals surface area contributed by atoms with Crippen LogP contribution in [0.2, 0.25) is 0 Å². The van der Waals surface area contributed by atoms with E-state index in [1.54, 1.807) is 12.7 Å². The largest absolute Gasteiger partial charge is 0.412 e. The molecule has 2 heteroatoms. The van der Waals surface area contributed by atoms with Gasteiger partial charge in [-0.05, 0) is 5.92 Å². The summed E-state index contributed by atoms with van der Waals surface area (Å²) < 4.78 is 6.97. The van der Waals surface area contributed by atoms with Crippen LogP contribution in [0.25, 0.3) is 0 Å². The van der Waals surface area contributed by atoms with Crippen molar-refractivity contribution in [2.24, 2.45) is 5.92 Å². The van der Waals surface area contributed by atoms with Crippen molar-refractivity contribution >= 4 is 0 Å². The van der Waals surface area contributed by atoms with E-state index in [1.165, 1.54) is 6.42 Å². The van der Waals surface area contributed by atoms with E-state index >= 15 is 0 Å². The molecule has 0 saturated heterocycles. The fraction of sp³-hybridized carbons (Fsp3) is 0.625. The van der Waals surface area contributed by atoms with Gasteiger partial charge in [0.15, 0.2) is 12.8 Å². The molecule has 0 bridgehead atoms. The van der Waals surface area contributed by atoms with Crippen LogP contribution in [-0.4, -0.2) is 0 Å². The lowest BCUT2D eigenvalue weighted by molar-refractivity contribution is -0.700. The summed E-state index contributed by atoms with van der Waals surface area (Å²) in [4.78, 5) is 0. The second-order valence-electron chi connectivity index (χ2n) is 2.95. The topological polar surface area (TPSA) is 17.0 Å². The number of hydrogen-bond acceptors (Lipinski definition) is 1. The first-order valence-electron chi connectivity index (χ1n) is 3.70. The Hall–Kier alpha value is -0.790. The highest BCUT2D eigenvalue weighted by Gasteiger charge is 2.01. The molecule has 0 aliphatic heterocycles. The summed E-state index contributed by atoms with van der Waals surface area (Å²) in [6.07, 6.45) is 6.59. The molecule has 0 atom stereocenters. The van der Waals surface area contributed by atoms with Gasteiger partial charge in [-0.1, -0.05) is 13.8 Å². The molecule has 1 aromatic rings. The molecule has 0 radical (unpaired) electrons. The molecule has 0 fully saturated rings. The van der Waals surface area contributed by atoms with Crippen LogP contribution in [0.3, 0.4) is 0 Å². The molecule has 0 amide bonds. The van der Waals surface area contributed by atoms with Crippen molar-refractivity contribution < 1.29 is 8.98 Å². The Labute approximate surface area is 61.5 Å². The second kappa shape index (κ2) is 3.40. The minimum absolute atomic E-state index is 0.766. The van der Waals surface area contributed by atoms with Crippen LogP contribution in [0, 0.1) is 5.92 Å². The van der Waals surface area contributed by atoms with Gasteiger partial charge in [0.2, 0.25) is 6.20 Å². The van der Waals surface area contributed by atoms with Crippen molar-refractivity contribution in [3.8, 4) is 0 Å². The van der Waals surface area contributed by atoms with Gasteiger partial charge < -0.3 is 4.42 Å². The fourth-order valence-electron chi connectivity index (χ4n) is 0.796. The van der Waals surface area contributed by atoms with E-state index in [1.807, 2.05) is 6.20 Å². The summed E-state index contributed by atoms with van der Waals surface area (Å²) in [7, 11) is 0. The van der Waals surface area contributed by atoms with E-state index in [0.717, 1.165) is 12.5 Å². The number of aryl methyl sites for hydroxylation is 1. The molecule has 0 aliphatic rings. The number of oxazole rings is 1. The molecule has 1 heterocycles. The maximum absolute atomic E-state index is 4.91. The summed E-state index contributed by atoms with van der Waals surface area (Å²) >= 11 is 0. The van der Waals surface area contributed by atoms with Gasteiger partial charge in [-0.25, -0.2) is 0 Å². The van der Waals surface area contributed by atoms with Crippen LogP contribution in [0.15, 0.2) is 23.3 Å². The smallest absolute Gasteiger partial charge is 0.334 e. The molecule has 0 aromatic carbocycles. The van der Waals surface area contributed by atoms with Crippen LogP contribution < -0.4 is 4.57 Å². The molecule has 0 spiro atoms. The van der Waals surface area contributed by atoms with E-state index in [-0.39, 0.29) is 0 Å². The van der Waals surface area contributed by atoms with Crippen molar-refractivity contribution in [1.29, 1.82) is 0 Å². The Balaban J connectivity index is 2.28. The van der Waals surface area contributed by atoms with Gasteiger partial charge in [0.05, 0.1) is 0 Å². The first-order chi connectivity index (χ1) is 4.79. The lowest BCUT2D eigenvalue weighted by Gasteiger charge is -1.96. The Morgan fingerprint density at radius 1 is 1.50 bits per heavy atom. The average Bonchev–Trinajstić information content (AvgIpc) is 2.34. The van der Waals surface area contributed by atoms with Gasteiger partial charge in [0.25, 0.3) is 0 Å². The number of hydrogen-bond donors (Lipinski definition) is 0. The summed E-state index contributed by atoms with van der Waals surface area (Å²) in [5.41, 5.74) is 0. The highest BCUT2D eigenvalue weighted by molar-refractivity contribution is 4.47. The van der Waals surface area contributed by atoms with E-state index in [9.17, 15) is 0 Å². The van der Waals surface area contributed by atoms with Gasteiger partial charge in [0.1, 0.15) is 0 Å². The van der Waals surface area contributed by atoms with E-state index in [0.29, 0.717) is 0 Å². The van der Waals surface area contributed by atoms with Gasteiger partial charge in [-0.15, -0.1) is 0 Å². The SMILES string of the molecule is CC(C)CC[n+]1ccoc1. The Morgan fingerprint density at radius 2 is 2.30 bits per heavy atom. The molecule has 1 rings (SSSR count). The first kappa shape index (κ1) is 7.32. The molecular weight excluding hydrogens is 126 g/mol. The molecule has 0 unspecified atom stereocenters. The molecular formula is C8H14NO+. The molecule has 0 aliphatic carbocycles. The average molecular weight is 140 g/mol. The lowest BCUT2D eigenvalue weighted by atomic mass is 10.1. The third-order valence-corrected chi connectivity index (χ3v) is 1.49.